The number of rotatable bonds is 6. The third-order valence-corrected chi connectivity index (χ3v) is 5.50. The molecule has 0 bridgehead atoms. The second kappa shape index (κ2) is 6.08. The van der Waals surface area contributed by atoms with Crippen molar-refractivity contribution < 1.29 is 5.11 Å². The number of aromatic nitrogens is 1. The van der Waals surface area contributed by atoms with E-state index in [2.05, 4.69) is 22.7 Å². The van der Waals surface area contributed by atoms with Crippen LogP contribution in [0.15, 0.2) is 0 Å². The van der Waals surface area contributed by atoms with E-state index in [9.17, 15) is 0 Å². The lowest BCUT2D eigenvalue weighted by atomic mass is 9.60. The van der Waals surface area contributed by atoms with Crippen LogP contribution in [-0.2, 0) is 0 Å². The van der Waals surface area contributed by atoms with Gasteiger partial charge in [-0.2, -0.15) is 9.64 Å². The number of nitrogens with zero attached hydrogens (tertiary/aromatic N) is 2. The summed E-state index contributed by atoms with van der Waals surface area (Å²) in [6, 6.07) is 2.08. The molecule has 0 unspecified atom stereocenters. The van der Waals surface area contributed by atoms with Crippen molar-refractivity contribution in [3.63, 3.8) is 0 Å². The molecule has 19 heavy (non-hydrogen) atoms. The number of anilines is 1. The fourth-order valence-electron chi connectivity index (χ4n) is 2.72. The van der Waals surface area contributed by atoms with E-state index in [0.29, 0.717) is 11.5 Å². The topological polar surface area (TPSA) is 68.9 Å². The normalized spacial score (nSPS) is 18.4. The maximum Gasteiger partial charge on any atom is 0.162 e. The molecule has 2 rings (SSSR count). The first-order valence-electron chi connectivity index (χ1n) is 6.53. The van der Waals surface area contributed by atoms with E-state index in [1.165, 1.54) is 30.8 Å². The van der Waals surface area contributed by atoms with Crippen LogP contribution in [0.3, 0.4) is 0 Å². The average Bonchev–Trinajstić information content (AvgIpc) is 2.69. The standard InChI is InChI=1S/C13H18ClN3OS/c1-9(3-6-18)13(4-2-5-13)8-16-12-10(7-15)11(14)17-19-12/h9,16,18H,2-6,8H2,1H3/t9-/m1/s1. The van der Waals surface area contributed by atoms with Crippen LogP contribution in [0.2, 0.25) is 5.15 Å². The summed E-state index contributed by atoms with van der Waals surface area (Å²) in [5.41, 5.74) is 0.683. The molecule has 0 aliphatic heterocycles. The van der Waals surface area contributed by atoms with Crippen molar-refractivity contribution in [2.24, 2.45) is 11.3 Å². The lowest BCUT2D eigenvalue weighted by Crippen LogP contribution is -2.42. The molecule has 4 nitrogen and oxygen atoms in total. The van der Waals surface area contributed by atoms with Gasteiger partial charge in [-0.15, -0.1) is 0 Å². The zero-order valence-electron chi connectivity index (χ0n) is 10.9. The maximum absolute atomic E-state index is 9.10. The molecule has 104 valence electrons. The number of aliphatic hydroxyl groups excluding tert-OH is 1. The highest BCUT2D eigenvalue weighted by Crippen LogP contribution is 2.48. The molecule has 1 heterocycles. The van der Waals surface area contributed by atoms with Crippen molar-refractivity contribution >= 4 is 28.1 Å². The fourth-order valence-corrected chi connectivity index (χ4v) is 3.65. The average molecular weight is 300 g/mol. The van der Waals surface area contributed by atoms with Gasteiger partial charge in [0.05, 0.1) is 0 Å². The van der Waals surface area contributed by atoms with Gasteiger partial charge >= 0.3 is 0 Å². The minimum absolute atomic E-state index is 0.235. The summed E-state index contributed by atoms with van der Waals surface area (Å²) in [7, 11) is 0. The first-order chi connectivity index (χ1) is 9.13. The van der Waals surface area contributed by atoms with Gasteiger partial charge in [-0.1, -0.05) is 24.9 Å². The molecular formula is C13H18ClN3OS. The van der Waals surface area contributed by atoms with Crippen LogP contribution >= 0.6 is 23.1 Å². The minimum Gasteiger partial charge on any atom is -0.396 e. The van der Waals surface area contributed by atoms with Gasteiger partial charge in [-0.05, 0) is 42.1 Å². The Morgan fingerprint density at radius 2 is 2.37 bits per heavy atom. The van der Waals surface area contributed by atoms with Crippen LogP contribution in [0, 0.1) is 22.7 Å². The van der Waals surface area contributed by atoms with Crippen LogP contribution in [-0.4, -0.2) is 22.6 Å². The first kappa shape index (κ1) is 14.6. The van der Waals surface area contributed by atoms with Crippen molar-refractivity contribution in [3.8, 4) is 6.07 Å². The number of hydrogen-bond acceptors (Lipinski definition) is 5. The Kier molecular flexibility index (Phi) is 4.67. The number of hydrogen-bond donors (Lipinski definition) is 2. The SMILES string of the molecule is C[C@H](CCO)C1(CNc2snc(Cl)c2C#N)CCC1. The van der Waals surface area contributed by atoms with Crippen molar-refractivity contribution in [2.45, 2.75) is 32.6 Å². The van der Waals surface area contributed by atoms with Gasteiger partial charge < -0.3 is 10.4 Å². The fraction of sp³-hybridized carbons (Fsp3) is 0.692. The molecule has 0 spiro atoms. The van der Waals surface area contributed by atoms with Gasteiger partial charge in [0, 0.05) is 13.2 Å². The molecule has 1 fully saturated rings. The van der Waals surface area contributed by atoms with Crippen molar-refractivity contribution in [1.82, 2.24) is 4.37 Å². The molecule has 1 aromatic rings. The van der Waals surface area contributed by atoms with Gasteiger partial charge in [0.2, 0.25) is 0 Å². The molecule has 1 aliphatic rings. The summed E-state index contributed by atoms with van der Waals surface area (Å²) in [5.74, 6) is 0.479. The molecule has 6 heteroatoms. The van der Waals surface area contributed by atoms with Gasteiger partial charge in [-0.3, -0.25) is 0 Å². The Bertz CT molecular complexity index is 479. The molecule has 1 atom stereocenters. The number of nitrogens with one attached hydrogen (secondary N) is 1. The Balaban J connectivity index is 2.02. The predicted molar refractivity (Wildman–Crippen MR) is 77.5 cm³/mol. The molecule has 1 aromatic heterocycles. The van der Waals surface area contributed by atoms with Crippen molar-refractivity contribution in [1.29, 1.82) is 5.26 Å². The lowest BCUT2D eigenvalue weighted by molar-refractivity contribution is 0.0574. The molecular weight excluding hydrogens is 282 g/mol. The molecule has 0 saturated heterocycles. The highest BCUT2D eigenvalue weighted by atomic mass is 35.5. The summed E-state index contributed by atoms with van der Waals surface area (Å²) in [4.78, 5) is 0. The van der Waals surface area contributed by atoms with Gasteiger partial charge in [-0.25, -0.2) is 0 Å². The number of nitriles is 1. The minimum atomic E-state index is 0.235. The summed E-state index contributed by atoms with van der Waals surface area (Å²) in [6.45, 7) is 3.25. The molecule has 1 aliphatic carbocycles. The Hall–Kier alpha value is -0.830. The smallest absolute Gasteiger partial charge is 0.162 e. The zero-order valence-corrected chi connectivity index (χ0v) is 12.5. The predicted octanol–water partition coefficient (Wildman–Crippen LogP) is 3.27. The van der Waals surface area contributed by atoms with Crippen LogP contribution in [0.25, 0.3) is 0 Å². The summed E-state index contributed by atoms with van der Waals surface area (Å²) < 4.78 is 4.00. The second-order valence-corrected chi connectivity index (χ2v) is 6.40. The monoisotopic (exact) mass is 299 g/mol. The quantitative estimate of drug-likeness (QED) is 0.846. The van der Waals surface area contributed by atoms with E-state index in [1.807, 2.05) is 0 Å². The molecule has 0 aromatic carbocycles. The number of halogens is 1. The van der Waals surface area contributed by atoms with Crippen LogP contribution in [0.5, 0.6) is 0 Å². The summed E-state index contributed by atoms with van der Waals surface area (Å²) in [5, 5.41) is 22.5. The van der Waals surface area contributed by atoms with E-state index < -0.39 is 0 Å². The highest BCUT2D eigenvalue weighted by Gasteiger charge is 2.41. The summed E-state index contributed by atoms with van der Waals surface area (Å²) in [6.07, 6.45) is 4.42. The number of aliphatic hydroxyl groups is 1. The zero-order chi connectivity index (χ0) is 13.9. The Morgan fingerprint density at radius 1 is 1.63 bits per heavy atom. The van der Waals surface area contributed by atoms with Gasteiger partial charge in [0.1, 0.15) is 16.6 Å². The Labute approximate surface area is 122 Å². The highest BCUT2D eigenvalue weighted by molar-refractivity contribution is 7.10. The van der Waals surface area contributed by atoms with E-state index in [-0.39, 0.29) is 17.2 Å². The van der Waals surface area contributed by atoms with E-state index in [1.54, 1.807) is 0 Å². The van der Waals surface area contributed by atoms with Crippen molar-refractivity contribution in [3.05, 3.63) is 10.7 Å². The summed E-state index contributed by atoms with van der Waals surface area (Å²) >= 11 is 7.10. The first-order valence-corrected chi connectivity index (χ1v) is 7.68. The second-order valence-electron chi connectivity index (χ2n) is 5.27. The van der Waals surface area contributed by atoms with E-state index in [0.717, 1.165) is 18.0 Å². The third kappa shape index (κ3) is 2.86. The van der Waals surface area contributed by atoms with Gasteiger partial charge in [0.15, 0.2) is 5.15 Å². The molecule has 2 N–H and O–H groups in total. The maximum atomic E-state index is 9.10. The van der Waals surface area contributed by atoms with Crippen LogP contribution in [0.1, 0.15) is 38.2 Å². The molecule has 0 radical (unpaired) electrons. The molecule has 1 saturated carbocycles. The van der Waals surface area contributed by atoms with E-state index in [4.69, 9.17) is 22.0 Å². The van der Waals surface area contributed by atoms with Crippen LogP contribution in [0.4, 0.5) is 5.00 Å². The third-order valence-electron chi connectivity index (χ3n) is 4.32. The van der Waals surface area contributed by atoms with Crippen LogP contribution < -0.4 is 5.32 Å². The largest absolute Gasteiger partial charge is 0.396 e. The van der Waals surface area contributed by atoms with E-state index >= 15 is 0 Å². The van der Waals surface area contributed by atoms with Gasteiger partial charge in [0.25, 0.3) is 0 Å². The Morgan fingerprint density at radius 3 is 2.89 bits per heavy atom. The van der Waals surface area contributed by atoms with Crippen molar-refractivity contribution in [2.75, 3.05) is 18.5 Å². The molecule has 0 amide bonds. The lowest BCUT2D eigenvalue weighted by Gasteiger charge is -2.47.